The maximum Gasteiger partial charge on any atom is 0.387 e. The van der Waals surface area contributed by atoms with Gasteiger partial charge in [0.2, 0.25) is 5.91 Å². The van der Waals surface area contributed by atoms with E-state index in [9.17, 15) is 18.7 Å². The van der Waals surface area contributed by atoms with Crippen molar-refractivity contribution in [2.24, 2.45) is 0 Å². The predicted molar refractivity (Wildman–Crippen MR) is 81.3 cm³/mol. The SMILES string of the molecule is CCC(=O)N1CCN(CC(O)c2ccc(OC(F)F)cc2)CC1. The molecule has 1 unspecified atom stereocenters. The Hall–Kier alpha value is -1.73. The van der Waals surface area contributed by atoms with E-state index in [1.165, 1.54) is 12.1 Å². The largest absolute Gasteiger partial charge is 0.435 e. The van der Waals surface area contributed by atoms with E-state index in [4.69, 9.17) is 0 Å². The molecule has 0 spiro atoms. The lowest BCUT2D eigenvalue weighted by Crippen LogP contribution is -2.49. The van der Waals surface area contributed by atoms with Crippen LogP contribution in [0.3, 0.4) is 0 Å². The van der Waals surface area contributed by atoms with Crippen LogP contribution >= 0.6 is 0 Å². The molecule has 128 valence electrons. The average molecular weight is 328 g/mol. The van der Waals surface area contributed by atoms with Crippen molar-refractivity contribution in [3.05, 3.63) is 29.8 Å². The van der Waals surface area contributed by atoms with Crippen molar-refractivity contribution in [1.82, 2.24) is 9.80 Å². The first-order valence-electron chi connectivity index (χ1n) is 7.72. The molecule has 1 aromatic rings. The molecular weight excluding hydrogens is 306 g/mol. The number of rotatable bonds is 6. The summed E-state index contributed by atoms with van der Waals surface area (Å²) in [4.78, 5) is 15.5. The molecule has 0 saturated carbocycles. The van der Waals surface area contributed by atoms with Gasteiger partial charge < -0.3 is 14.7 Å². The highest BCUT2D eigenvalue weighted by Gasteiger charge is 2.22. The molecule has 0 aromatic heterocycles. The van der Waals surface area contributed by atoms with Crippen molar-refractivity contribution in [3.63, 3.8) is 0 Å². The molecule has 2 rings (SSSR count). The normalized spacial score (nSPS) is 17.3. The van der Waals surface area contributed by atoms with Gasteiger partial charge in [-0.25, -0.2) is 0 Å². The minimum Gasteiger partial charge on any atom is -0.435 e. The second-order valence-corrected chi connectivity index (χ2v) is 5.50. The molecule has 5 nitrogen and oxygen atoms in total. The monoisotopic (exact) mass is 328 g/mol. The van der Waals surface area contributed by atoms with Gasteiger partial charge in [-0.1, -0.05) is 19.1 Å². The Morgan fingerprint density at radius 2 is 1.83 bits per heavy atom. The van der Waals surface area contributed by atoms with Crippen LogP contribution in [-0.4, -0.2) is 60.1 Å². The van der Waals surface area contributed by atoms with Crippen LogP contribution in [0.15, 0.2) is 24.3 Å². The molecule has 0 radical (unpaired) electrons. The summed E-state index contributed by atoms with van der Waals surface area (Å²) in [5.74, 6) is 0.224. The van der Waals surface area contributed by atoms with Crippen LogP contribution < -0.4 is 4.74 Å². The number of nitrogens with zero attached hydrogens (tertiary/aromatic N) is 2. The fraction of sp³-hybridized carbons (Fsp3) is 0.562. The molecule has 1 N–H and O–H groups in total. The zero-order valence-corrected chi connectivity index (χ0v) is 13.1. The van der Waals surface area contributed by atoms with E-state index in [-0.39, 0.29) is 11.7 Å². The van der Waals surface area contributed by atoms with Crippen LogP contribution in [0.1, 0.15) is 25.0 Å². The summed E-state index contributed by atoms with van der Waals surface area (Å²) >= 11 is 0. The number of piperazine rings is 1. The third kappa shape index (κ3) is 5.14. The zero-order chi connectivity index (χ0) is 16.8. The summed E-state index contributed by atoms with van der Waals surface area (Å²) in [5.41, 5.74) is 0.652. The fourth-order valence-electron chi connectivity index (χ4n) is 2.62. The van der Waals surface area contributed by atoms with Crippen molar-refractivity contribution in [2.45, 2.75) is 26.1 Å². The lowest BCUT2D eigenvalue weighted by molar-refractivity contribution is -0.132. The molecule has 1 aliphatic rings. The van der Waals surface area contributed by atoms with Gasteiger partial charge in [-0.2, -0.15) is 8.78 Å². The summed E-state index contributed by atoms with van der Waals surface area (Å²) in [6.07, 6.45) is -0.195. The van der Waals surface area contributed by atoms with Crippen LogP contribution in [0.2, 0.25) is 0 Å². The van der Waals surface area contributed by atoms with Gasteiger partial charge in [0.05, 0.1) is 6.10 Å². The van der Waals surface area contributed by atoms with Crippen LogP contribution in [-0.2, 0) is 4.79 Å². The number of aliphatic hydroxyl groups is 1. The Labute approximate surface area is 134 Å². The lowest BCUT2D eigenvalue weighted by Gasteiger charge is -2.35. The van der Waals surface area contributed by atoms with Gasteiger partial charge in [0.15, 0.2) is 0 Å². The summed E-state index contributed by atoms with van der Waals surface area (Å²) in [6, 6.07) is 6.00. The van der Waals surface area contributed by atoms with E-state index in [1.807, 2.05) is 11.8 Å². The van der Waals surface area contributed by atoms with E-state index in [1.54, 1.807) is 12.1 Å². The number of carbonyl (C=O) groups is 1. The number of alkyl halides is 2. The molecule has 23 heavy (non-hydrogen) atoms. The zero-order valence-electron chi connectivity index (χ0n) is 13.1. The van der Waals surface area contributed by atoms with E-state index in [0.29, 0.717) is 31.6 Å². The summed E-state index contributed by atoms with van der Waals surface area (Å²) in [6.45, 7) is 2.21. The Kier molecular flexibility index (Phi) is 6.29. The first kappa shape index (κ1) is 17.6. The first-order chi connectivity index (χ1) is 11.0. The Balaban J connectivity index is 1.83. The Morgan fingerprint density at radius 3 is 2.35 bits per heavy atom. The molecule has 1 aromatic carbocycles. The number of β-amino-alcohol motifs (C(OH)–C–C–N with tert-alkyl or cyclic N) is 1. The molecule has 1 fully saturated rings. The minimum atomic E-state index is -2.85. The topological polar surface area (TPSA) is 53.0 Å². The van der Waals surface area contributed by atoms with Gasteiger partial charge in [-0.15, -0.1) is 0 Å². The number of amides is 1. The molecule has 0 aliphatic carbocycles. The summed E-state index contributed by atoms with van der Waals surface area (Å²) in [7, 11) is 0. The van der Waals surface area contributed by atoms with Crippen molar-refractivity contribution >= 4 is 5.91 Å². The van der Waals surface area contributed by atoms with E-state index < -0.39 is 12.7 Å². The molecule has 1 saturated heterocycles. The number of carbonyl (C=O) groups excluding carboxylic acids is 1. The van der Waals surface area contributed by atoms with Crippen LogP contribution in [0.5, 0.6) is 5.75 Å². The van der Waals surface area contributed by atoms with Crippen LogP contribution in [0.25, 0.3) is 0 Å². The van der Waals surface area contributed by atoms with Crippen LogP contribution in [0, 0.1) is 0 Å². The standard InChI is InChI=1S/C16H22F2N2O3/c1-2-15(22)20-9-7-19(8-10-20)11-14(21)12-3-5-13(6-4-12)23-16(17)18/h3-6,14,16,21H,2,7-11H2,1H3. The van der Waals surface area contributed by atoms with E-state index in [2.05, 4.69) is 9.64 Å². The van der Waals surface area contributed by atoms with Gasteiger partial charge in [0.1, 0.15) is 5.75 Å². The predicted octanol–water partition coefficient (Wildman–Crippen LogP) is 1.88. The van der Waals surface area contributed by atoms with Gasteiger partial charge >= 0.3 is 6.61 Å². The molecule has 7 heteroatoms. The summed E-state index contributed by atoms with van der Waals surface area (Å²) in [5, 5.41) is 10.3. The summed E-state index contributed by atoms with van der Waals surface area (Å²) < 4.78 is 28.5. The number of ether oxygens (including phenoxy) is 1. The van der Waals surface area contributed by atoms with Gasteiger partial charge in [-0.05, 0) is 17.7 Å². The molecule has 1 heterocycles. The van der Waals surface area contributed by atoms with Gasteiger partial charge in [-0.3, -0.25) is 9.69 Å². The van der Waals surface area contributed by atoms with Gasteiger partial charge in [0.25, 0.3) is 0 Å². The molecule has 1 amide bonds. The van der Waals surface area contributed by atoms with Crippen molar-refractivity contribution < 1.29 is 23.4 Å². The number of aliphatic hydroxyl groups excluding tert-OH is 1. The van der Waals surface area contributed by atoms with E-state index >= 15 is 0 Å². The molecule has 1 aliphatic heterocycles. The Bertz CT molecular complexity index is 503. The Morgan fingerprint density at radius 1 is 1.22 bits per heavy atom. The van der Waals surface area contributed by atoms with Crippen LogP contribution in [0.4, 0.5) is 8.78 Å². The smallest absolute Gasteiger partial charge is 0.387 e. The maximum absolute atomic E-state index is 12.1. The van der Waals surface area contributed by atoms with Gasteiger partial charge in [0, 0.05) is 39.1 Å². The fourth-order valence-corrected chi connectivity index (χ4v) is 2.62. The number of halogens is 2. The molecular formula is C16H22F2N2O3. The highest BCUT2D eigenvalue weighted by Crippen LogP contribution is 2.20. The second-order valence-electron chi connectivity index (χ2n) is 5.50. The minimum absolute atomic E-state index is 0.0719. The maximum atomic E-state index is 12.1. The van der Waals surface area contributed by atoms with E-state index in [0.717, 1.165) is 13.1 Å². The molecule has 1 atom stereocenters. The number of hydrogen-bond donors (Lipinski definition) is 1. The number of hydrogen-bond acceptors (Lipinski definition) is 4. The van der Waals surface area contributed by atoms with Crippen molar-refractivity contribution in [3.8, 4) is 5.75 Å². The highest BCUT2D eigenvalue weighted by atomic mass is 19.3. The number of benzene rings is 1. The lowest BCUT2D eigenvalue weighted by atomic mass is 10.1. The second kappa shape index (κ2) is 8.21. The third-order valence-electron chi connectivity index (χ3n) is 3.95. The molecule has 0 bridgehead atoms. The first-order valence-corrected chi connectivity index (χ1v) is 7.72. The third-order valence-corrected chi connectivity index (χ3v) is 3.95. The van der Waals surface area contributed by atoms with Crippen molar-refractivity contribution in [1.29, 1.82) is 0 Å². The quantitative estimate of drug-likeness (QED) is 0.866. The van der Waals surface area contributed by atoms with Crippen molar-refractivity contribution in [2.75, 3.05) is 32.7 Å². The average Bonchev–Trinajstić information content (AvgIpc) is 2.55. The highest BCUT2D eigenvalue weighted by molar-refractivity contribution is 5.75.